The second-order valence-corrected chi connectivity index (χ2v) is 7.92. The van der Waals surface area contributed by atoms with Crippen LogP contribution in [-0.2, 0) is 12.4 Å². The zero-order valence-electron chi connectivity index (χ0n) is 14.1. The van der Waals surface area contributed by atoms with Crippen LogP contribution >= 0.6 is 39.3 Å². The van der Waals surface area contributed by atoms with Crippen LogP contribution < -0.4 is 14.2 Å². The van der Waals surface area contributed by atoms with E-state index in [0.29, 0.717) is 41.6 Å². The van der Waals surface area contributed by atoms with Crippen molar-refractivity contribution in [2.24, 2.45) is 0 Å². The maximum Gasteiger partial charge on any atom is 0.208 e. The van der Waals surface area contributed by atoms with E-state index in [1.807, 2.05) is 24.3 Å². The third-order valence-electron chi connectivity index (χ3n) is 3.77. The number of aromatic amines is 1. The largest absolute Gasteiger partial charge is 0.486 e. The van der Waals surface area contributed by atoms with Gasteiger partial charge in [0.15, 0.2) is 17.3 Å². The Balaban J connectivity index is 1.35. The molecule has 2 aromatic carbocycles. The fraction of sp³-hybridized carbons (Fsp3) is 0.222. The standard InChI is InChI=1S/C18H15BrClN3O3S/c19-14-8-16-15(24-5-6-25-16)7-11(14)10-27-18-21-17(22-23-18)9-26-13-3-1-12(20)2-4-13/h1-4,7-8H,5-6,9-10H2,(H,21,22,23). The summed E-state index contributed by atoms with van der Waals surface area (Å²) in [6.07, 6.45) is 0. The van der Waals surface area contributed by atoms with Crippen LogP contribution in [-0.4, -0.2) is 28.4 Å². The number of hydrogen-bond acceptors (Lipinski definition) is 6. The highest BCUT2D eigenvalue weighted by molar-refractivity contribution is 9.10. The first kappa shape index (κ1) is 18.5. The SMILES string of the molecule is Clc1ccc(OCc2nc(SCc3cc4c(cc3Br)OCCO4)n[nH]2)cc1. The lowest BCUT2D eigenvalue weighted by molar-refractivity contribution is 0.171. The number of benzene rings is 2. The predicted molar refractivity (Wildman–Crippen MR) is 107 cm³/mol. The van der Waals surface area contributed by atoms with Crippen molar-refractivity contribution in [1.82, 2.24) is 15.2 Å². The van der Waals surface area contributed by atoms with Crippen molar-refractivity contribution >= 4 is 39.3 Å². The number of rotatable bonds is 6. The van der Waals surface area contributed by atoms with Gasteiger partial charge in [0.2, 0.25) is 5.16 Å². The van der Waals surface area contributed by atoms with Gasteiger partial charge in [0, 0.05) is 15.2 Å². The van der Waals surface area contributed by atoms with E-state index < -0.39 is 0 Å². The number of thioether (sulfide) groups is 1. The predicted octanol–water partition coefficient (Wildman–Crippen LogP) is 4.86. The molecule has 4 rings (SSSR count). The van der Waals surface area contributed by atoms with E-state index in [9.17, 15) is 0 Å². The van der Waals surface area contributed by atoms with E-state index in [2.05, 4.69) is 31.1 Å². The summed E-state index contributed by atoms with van der Waals surface area (Å²) in [4.78, 5) is 4.45. The first-order valence-electron chi connectivity index (χ1n) is 8.18. The number of nitrogens with zero attached hydrogens (tertiary/aromatic N) is 2. The molecule has 0 unspecified atom stereocenters. The Morgan fingerprint density at radius 3 is 2.67 bits per heavy atom. The first-order valence-corrected chi connectivity index (χ1v) is 10.3. The molecule has 2 heterocycles. The normalized spacial score (nSPS) is 12.8. The van der Waals surface area contributed by atoms with Gasteiger partial charge in [-0.05, 0) is 42.0 Å². The highest BCUT2D eigenvalue weighted by Crippen LogP contribution is 2.37. The van der Waals surface area contributed by atoms with Crippen molar-refractivity contribution < 1.29 is 14.2 Å². The average Bonchev–Trinajstić information content (AvgIpc) is 3.14. The van der Waals surface area contributed by atoms with Crippen molar-refractivity contribution in [3.05, 3.63) is 57.3 Å². The Kier molecular flexibility index (Phi) is 5.75. The Hall–Kier alpha value is -1.90. The molecule has 0 saturated heterocycles. The van der Waals surface area contributed by atoms with Gasteiger partial charge in [-0.2, -0.15) is 0 Å². The molecule has 0 amide bonds. The minimum absolute atomic E-state index is 0.308. The van der Waals surface area contributed by atoms with Crippen molar-refractivity contribution in [2.45, 2.75) is 17.5 Å². The van der Waals surface area contributed by atoms with Crippen LogP contribution in [0.2, 0.25) is 5.02 Å². The molecule has 6 nitrogen and oxygen atoms in total. The highest BCUT2D eigenvalue weighted by Gasteiger charge is 2.15. The van der Waals surface area contributed by atoms with Crippen LogP contribution in [0, 0.1) is 0 Å². The lowest BCUT2D eigenvalue weighted by Gasteiger charge is -2.19. The van der Waals surface area contributed by atoms with Crippen molar-refractivity contribution in [1.29, 1.82) is 0 Å². The van der Waals surface area contributed by atoms with Crippen LogP contribution in [0.15, 0.2) is 46.0 Å². The number of H-pyrrole nitrogens is 1. The summed E-state index contributed by atoms with van der Waals surface area (Å²) in [6.45, 7) is 1.45. The molecule has 0 saturated carbocycles. The molecule has 0 spiro atoms. The third-order valence-corrected chi connectivity index (χ3v) is 5.65. The zero-order valence-corrected chi connectivity index (χ0v) is 17.2. The molecule has 0 fully saturated rings. The van der Waals surface area contributed by atoms with Gasteiger partial charge in [-0.15, -0.1) is 5.10 Å². The van der Waals surface area contributed by atoms with E-state index in [0.717, 1.165) is 27.3 Å². The fourth-order valence-electron chi connectivity index (χ4n) is 2.45. The summed E-state index contributed by atoms with van der Waals surface area (Å²) in [6, 6.07) is 11.1. The number of fused-ring (bicyclic) bond motifs is 1. The molecule has 3 aromatic rings. The molecular weight excluding hydrogens is 454 g/mol. The molecule has 27 heavy (non-hydrogen) atoms. The van der Waals surface area contributed by atoms with E-state index in [1.54, 1.807) is 12.1 Å². The van der Waals surface area contributed by atoms with E-state index in [4.69, 9.17) is 25.8 Å². The second kappa shape index (κ2) is 8.41. The summed E-state index contributed by atoms with van der Waals surface area (Å²) in [5, 5.41) is 8.46. The van der Waals surface area contributed by atoms with Gasteiger partial charge in [0.1, 0.15) is 25.6 Å². The number of nitrogens with one attached hydrogen (secondary N) is 1. The van der Waals surface area contributed by atoms with Crippen LogP contribution in [0.5, 0.6) is 17.2 Å². The van der Waals surface area contributed by atoms with Gasteiger partial charge in [0.25, 0.3) is 0 Å². The number of halogens is 2. The third kappa shape index (κ3) is 4.69. The Morgan fingerprint density at radius 1 is 1.15 bits per heavy atom. The summed E-state index contributed by atoms with van der Waals surface area (Å²) in [5.74, 6) is 3.62. The molecule has 1 aliphatic rings. The van der Waals surface area contributed by atoms with Crippen molar-refractivity contribution in [3.63, 3.8) is 0 Å². The molecule has 1 N–H and O–H groups in total. The number of aromatic nitrogens is 3. The smallest absolute Gasteiger partial charge is 0.208 e. The molecule has 9 heteroatoms. The molecule has 0 atom stereocenters. The Bertz CT molecular complexity index is 936. The van der Waals surface area contributed by atoms with E-state index in [1.165, 1.54) is 11.8 Å². The summed E-state index contributed by atoms with van der Waals surface area (Å²) in [7, 11) is 0. The molecule has 1 aromatic heterocycles. The highest BCUT2D eigenvalue weighted by atomic mass is 79.9. The van der Waals surface area contributed by atoms with Gasteiger partial charge >= 0.3 is 0 Å². The summed E-state index contributed by atoms with van der Waals surface area (Å²) in [5.41, 5.74) is 1.09. The lowest BCUT2D eigenvalue weighted by Crippen LogP contribution is -2.15. The first-order chi connectivity index (χ1) is 13.2. The van der Waals surface area contributed by atoms with Crippen LogP contribution in [0.25, 0.3) is 0 Å². The van der Waals surface area contributed by atoms with Crippen LogP contribution in [0.3, 0.4) is 0 Å². The molecule has 0 radical (unpaired) electrons. The maximum atomic E-state index is 5.86. The minimum Gasteiger partial charge on any atom is -0.486 e. The Labute approximate surface area is 173 Å². The average molecular weight is 469 g/mol. The van der Waals surface area contributed by atoms with Gasteiger partial charge in [-0.3, -0.25) is 5.10 Å². The van der Waals surface area contributed by atoms with Crippen molar-refractivity contribution in [2.75, 3.05) is 13.2 Å². The monoisotopic (exact) mass is 467 g/mol. The fourth-order valence-corrected chi connectivity index (χ4v) is 4.03. The number of ether oxygens (including phenoxy) is 3. The van der Waals surface area contributed by atoms with Gasteiger partial charge in [-0.25, -0.2) is 4.98 Å². The molecule has 0 aliphatic carbocycles. The summed E-state index contributed by atoms with van der Waals surface area (Å²) >= 11 is 11.0. The quantitative estimate of drug-likeness (QED) is 0.521. The van der Waals surface area contributed by atoms with Crippen LogP contribution in [0.1, 0.15) is 11.4 Å². The molecule has 0 bridgehead atoms. The molecule has 1 aliphatic heterocycles. The topological polar surface area (TPSA) is 69.3 Å². The molecular formula is C18H15BrClN3O3S. The summed E-state index contributed by atoms with van der Waals surface area (Å²) < 4.78 is 17.9. The van der Waals surface area contributed by atoms with Gasteiger partial charge < -0.3 is 14.2 Å². The van der Waals surface area contributed by atoms with Gasteiger partial charge in [0.05, 0.1) is 0 Å². The lowest BCUT2D eigenvalue weighted by atomic mass is 10.2. The van der Waals surface area contributed by atoms with E-state index >= 15 is 0 Å². The second-order valence-electron chi connectivity index (χ2n) is 5.68. The van der Waals surface area contributed by atoms with Gasteiger partial charge in [-0.1, -0.05) is 39.3 Å². The zero-order chi connectivity index (χ0) is 18.6. The number of hydrogen-bond donors (Lipinski definition) is 1. The maximum absolute atomic E-state index is 5.86. The van der Waals surface area contributed by atoms with E-state index in [-0.39, 0.29) is 0 Å². The Morgan fingerprint density at radius 2 is 1.89 bits per heavy atom. The van der Waals surface area contributed by atoms with Crippen LogP contribution in [0.4, 0.5) is 0 Å². The molecule has 140 valence electrons. The minimum atomic E-state index is 0.308. The van der Waals surface area contributed by atoms with Crippen molar-refractivity contribution in [3.8, 4) is 17.2 Å².